The number of carbonyl (C=O) groups excluding carboxylic acids is 1. The lowest BCUT2D eigenvalue weighted by atomic mass is 10.0. The van der Waals surface area contributed by atoms with Crippen LogP contribution in [0.4, 0.5) is 5.69 Å². The van der Waals surface area contributed by atoms with Crippen molar-refractivity contribution < 1.29 is 4.79 Å². The van der Waals surface area contributed by atoms with Crippen molar-refractivity contribution in [2.24, 2.45) is 4.99 Å². The van der Waals surface area contributed by atoms with Crippen molar-refractivity contribution in [3.8, 4) is 0 Å². The van der Waals surface area contributed by atoms with Gasteiger partial charge in [-0.3, -0.25) is 9.79 Å². The molecule has 1 aliphatic heterocycles. The van der Waals surface area contributed by atoms with Crippen LogP contribution in [0.3, 0.4) is 0 Å². The Morgan fingerprint density at radius 2 is 1.38 bits per heavy atom. The summed E-state index contributed by atoms with van der Waals surface area (Å²) in [6, 6.07) is 27.8. The average Bonchev–Trinajstić information content (AvgIpc) is 2.81. The molecule has 3 nitrogen and oxygen atoms in total. The zero-order chi connectivity index (χ0) is 17.8. The summed E-state index contributed by atoms with van der Waals surface area (Å²) < 4.78 is 0. The van der Waals surface area contributed by atoms with Gasteiger partial charge in [-0.15, -0.1) is 0 Å². The van der Waals surface area contributed by atoms with Crippen molar-refractivity contribution in [1.29, 1.82) is 0 Å². The maximum atomic E-state index is 12.8. The van der Waals surface area contributed by atoms with Crippen LogP contribution in [0.15, 0.2) is 89.9 Å². The molecular weight excluding hydrogens is 320 g/mol. The first kappa shape index (κ1) is 16.3. The second-order valence-electron chi connectivity index (χ2n) is 6.48. The van der Waals surface area contributed by atoms with E-state index < -0.39 is 6.04 Å². The number of benzene rings is 3. The first-order chi connectivity index (χ1) is 12.8. The number of benzodiazepines with no additional fused rings is 1. The molecule has 0 unspecified atom stereocenters. The Labute approximate surface area is 153 Å². The van der Waals surface area contributed by atoms with Crippen molar-refractivity contribution in [3.05, 3.63) is 102 Å². The van der Waals surface area contributed by atoms with E-state index in [0.29, 0.717) is 12.8 Å². The highest BCUT2D eigenvalue weighted by molar-refractivity contribution is 6.12. The van der Waals surface area contributed by atoms with E-state index in [-0.39, 0.29) is 5.91 Å². The molecule has 0 radical (unpaired) electrons. The Kier molecular flexibility index (Phi) is 4.61. The molecule has 0 aliphatic carbocycles. The molecule has 3 heteroatoms. The summed E-state index contributed by atoms with van der Waals surface area (Å²) in [5.41, 5.74) is 5.09. The smallest absolute Gasteiger partial charge is 0.249 e. The fraction of sp³-hybridized carbons (Fsp3) is 0.130. The highest BCUT2D eigenvalue weighted by atomic mass is 16.2. The molecule has 0 saturated heterocycles. The normalized spacial score (nSPS) is 16.2. The quantitative estimate of drug-likeness (QED) is 0.757. The van der Waals surface area contributed by atoms with Gasteiger partial charge in [0.25, 0.3) is 0 Å². The maximum Gasteiger partial charge on any atom is 0.249 e. The van der Waals surface area contributed by atoms with Gasteiger partial charge in [-0.2, -0.15) is 0 Å². The van der Waals surface area contributed by atoms with Crippen molar-refractivity contribution in [3.63, 3.8) is 0 Å². The van der Waals surface area contributed by atoms with Crippen LogP contribution in [-0.2, 0) is 17.6 Å². The number of carbonyl (C=O) groups is 1. The van der Waals surface area contributed by atoms with E-state index in [1.807, 2.05) is 72.8 Å². The minimum absolute atomic E-state index is 0.0515. The molecule has 3 aromatic carbocycles. The van der Waals surface area contributed by atoms with Crippen LogP contribution in [-0.4, -0.2) is 17.7 Å². The number of rotatable bonds is 4. The first-order valence-corrected chi connectivity index (χ1v) is 8.84. The standard InChI is InChI=1S/C23H20N2O/c26-23-22(16-18-11-5-2-6-12-18)24-21(15-17-9-3-1-4-10-17)19-13-7-8-14-20(19)25-23/h1-14,22H,15-16H2,(H,25,26)/t22-/m0/s1. The van der Waals surface area contributed by atoms with E-state index in [1.54, 1.807) is 0 Å². The van der Waals surface area contributed by atoms with Crippen LogP contribution >= 0.6 is 0 Å². The Balaban J connectivity index is 1.72. The Morgan fingerprint density at radius 1 is 0.769 bits per heavy atom. The molecule has 4 rings (SSSR count). The van der Waals surface area contributed by atoms with Gasteiger partial charge in [0.2, 0.25) is 5.91 Å². The lowest BCUT2D eigenvalue weighted by molar-refractivity contribution is -0.117. The highest BCUT2D eigenvalue weighted by Crippen LogP contribution is 2.23. The first-order valence-electron chi connectivity index (χ1n) is 8.84. The zero-order valence-corrected chi connectivity index (χ0v) is 14.4. The number of nitrogens with zero attached hydrogens (tertiary/aromatic N) is 1. The number of hydrogen-bond acceptors (Lipinski definition) is 2. The van der Waals surface area contributed by atoms with Gasteiger partial charge in [-0.05, 0) is 17.2 Å². The fourth-order valence-electron chi connectivity index (χ4n) is 3.28. The summed E-state index contributed by atoms with van der Waals surface area (Å²) >= 11 is 0. The van der Waals surface area contributed by atoms with Gasteiger partial charge in [0.05, 0.1) is 0 Å². The summed E-state index contributed by atoms with van der Waals surface area (Å²) in [6.45, 7) is 0. The minimum Gasteiger partial charge on any atom is -0.324 e. The Bertz CT molecular complexity index is 933. The fourth-order valence-corrected chi connectivity index (χ4v) is 3.28. The van der Waals surface area contributed by atoms with Crippen LogP contribution < -0.4 is 5.32 Å². The molecule has 0 bridgehead atoms. The van der Waals surface area contributed by atoms with Gasteiger partial charge in [-0.1, -0.05) is 78.9 Å². The average molecular weight is 340 g/mol. The molecule has 128 valence electrons. The second kappa shape index (κ2) is 7.36. The Hall–Kier alpha value is -3.20. The number of amides is 1. The largest absolute Gasteiger partial charge is 0.324 e. The maximum absolute atomic E-state index is 12.8. The molecule has 3 aromatic rings. The molecule has 0 fully saturated rings. The predicted octanol–water partition coefficient (Wildman–Crippen LogP) is 4.28. The summed E-state index contributed by atoms with van der Waals surface area (Å²) in [4.78, 5) is 17.7. The number of hydrogen-bond donors (Lipinski definition) is 1. The number of anilines is 1. The molecule has 26 heavy (non-hydrogen) atoms. The SMILES string of the molecule is O=C1Nc2ccccc2C(Cc2ccccc2)=N[C@H]1Cc1ccccc1. The van der Waals surface area contributed by atoms with Crippen LogP contribution in [0.1, 0.15) is 16.7 Å². The van der Waals surface area contributed by atoms with Crippen molar-refractivity contribution in [1.82, 2.24) is 0 Å². The monoisotopic (exact) mass is 340 g/mol. The molecular formula is C23H20N2O. The van der Waals surface area contributed by atoms with Crippen LogP contribution in [0, 0.1) is 0 Å². The summed E-state index contributed by atoms with van der Waals surface area (Å²) in [6.07, 6.45) is 1.30. The van der Waals surface area contributed by atoms with Crippen LogP contribution in [0.25, 0.3) is 0 Å². The van der Waals surface area contributed by atoms with Gasteiger partial charge in [-0.25, -0.2) is 0 Å². The predicted molar refractivity (Wildman–Crippen MR) is 106 cm³/mol. The van der Waals surface area contributed by atoms with Gasteiger partial charge >= 0.3 is 0 Å². The van der Waals surface area contributed by atoms with Gasteiger partial charge in [0, 0.05) is 29.8 Å². The molecule has 1 aliphatic rings. The van der Waals surface area contributed by atoms with Gasteiger partial charge in [0.15, 0.2) is 0 Å². The van der Waals surface area contributed by atoms with Crippen LogP contribution in [0.2, 0.25) is 0 Å². The number of aliphatic imine (C=N–C) groups is 1. The molecule has 1 N–H and O–H groups in total. The molecule has 0 aromatic heterocycles. The third-order valence-electron chi connectivity index (χ3n) is 4.60. The van der Waals surface area contributed by atoms with E-state index in [0.717, 1.165) is 22.5 Å². The summed E-state index contributed by atoms with van der Waals surface area (Å²) in [5.74, 6) is -0.0515. The molecule has 0 saturated carbocycles. The number of para-hydroxylation sites is 1. The van der Waals surface area contributed by atoms with E-state index in [1.165, 1.54) is 5.56 Å². The van der Waals surface area contributed by atoms with Crippen molar-refractivity contribution >= 4 is 17.3 Å². The molecule has 1 atom stereocenters. The van der Waals surface area contributed by atoms with Crippen molar-refractivity contribution in [2.75, 3.05) is 5.32 Å². The second-order valence-corrected chi connectivity index (χ2v) is 6.48. The van der Waals surface area contributed by atoms with Crippen molar-refractivity contribution in [2.45, 2.75) is 18.9 Å². The van der Waals surface area contributed by atoms with E-state index in [2.05, 4.69) is 17.4 Å². The van der Waals surface area contributed by atoms with E-state index in [9.17, 15) is 4.79 Å². The molecule has 1 heterocycles. The number of fused-ring (bicyclic) bond motifs is 1. The third-order valence-corrected chi connectivity index (χ3v) is 4.60. The topological polar surface area (TPSA) is 41.5 Å². The third kappa shape index (κ3) is 3.57. The molecule has 0 spiro atoms. The van der Waals surface area contributed by atoms with E-state index in [4.69, 9.17) is 4.99 Å². The van der Waals surface area contributed by atoms with Gasteiger partial charge < -0.3 is 5.32 Å². The lowest BCUT2D eigenvalue weighted by Crippen LogP contribution is -2.27. The zero-order valence-electron chi connectivity index (χ0n) is 14.4. The highest BCUT2D eigenvalue weighted by Gasteiger charge is 2.25. The summed E-state index contributed by atoms with van der Waals surface area (Å²) in [5, 5.41) is 3.05. The van der Waals surface area contributed by atoms with Crippen LogP contribution in [0.5, 0.6) is 0 Å². The lowest BCUT2D eigenvalue weighted by Gasteiger charge is -2.11. The van der Waals surface area contributed by atoms with Gasteiger partial charge in [0.1, 0.15) is 6.04 Å². The molecule has 1 amide bonds. The van der Waals surface area contributed by atoms with E-state index >= 15 is 0 Å². The summed E-state index contributed by atoms with van der Waals surface area (Å²) in [7, 11) is 0. The minimum atomic E-state index is -0.427. The number of nitrogens with one attached hydrogen (secondary N) is 1. The Morgan fingerprint density at radius 3 is 2.12 bits per heavy atom.